The third kappa shape index (κ3) is 5.52. The summed E-state index contributed by atoms with van der Waals surface area (Å²) in [5, 5.41) is 3.48. The second-order valence-corrected chi connectivity index (χ2v) is 5.07. The summed E-state index contributed by atoms with van der Waals surface area (Å²) in [6.45, 7) is 11.9. The molecular formula is C16H27NO2. The van der Waals surface area contributed by atoms with Crippen molar-refractivity contribution in [3.05, 3.63) is 23.8 Å². The molecule has 3 heteroatoms. The molecule has 0 heterocycles. The minimum Gasteiger partial charge on any atom is -0.490 e. The zero-order chi connectivity index (χ0) is 14.3. The summed E-state index contributed by atoms with van der Waals surface area (Å²) < 4.78 is 11.4. The predicted molar refractivity (Wildman–Crippen MR) is 80.0 cm³/mol. The van der Waals surface area contributed by atoms with Gasteiger partial charge in [-0.15, -0.1) is 0 Å². The van der Waals surface area contributed by atoms with Gasteiger partial charge in [0.05, 0.1) is 12.7 Å². The van der Waals surface area contributed by atoms with Crippen molar-refractivity contribution >= 4 is 0 Å². The lowest BCUT2D eigenvalue weighted by atomic mass is 10.1. The summed E-state index contributed by atoms with van der Waals surface area (Å²) in [6, 6.07) is 6.69. The van der Waals surface area contributed by atoms with Gasteiger partial charge in [0.1, 0.15) is 0 Å². The van der Waals surface area contributed by atoms with E-state index in [2.05, 4.69) is 31.3 Å². The van der Waals surface area contributed by atoms with Crippen LogP contribution in [-0.2, 0) is 6.54 Å². The molecule has 0 spiro atoms. The molecule has 19 heavy (non-hydrogen) atoms. The van der Waals surface area contributed by atoms with Crippen LogP contribution in [0.1, 0.15) is 46.6 Å². The SMILES string of the molecule is CCOc1cc(CN[C@H](C)CC)ccc1OC(C)C. The van der Waals surface area contributed by atoms with E-state index in [1.165, 1.54) is 5.56 Å². The van der Waals surface area contributed by atoms with E-state index < -0.39 is 0 Å². The minimum absolute atomic E-state index is 0.156. The number of hydrogen-bond acceptors (Lipinski definition) is 3. The van der Waals surface area contributed by atoms with Crippen LogP contribution in [0.4, 0.5) is 0 Å². The molecule has 0 radical (unpaired) electrons. The van der Waals surface area contributed by atoms with Crippen molar-refractivity contribution in [3.8, 4) is 11.5 Å². The Labute approximate surface area is 117 Å². The smallest absolute Gasteiger partial charge is 0.161 e. The Morgan fingerprint density at radius 1 is 1.11 bits per heavy atom. The molecule has 0 bridgehead atoms. The van der Waals surface area contributed by atoms with Crippen molar-refractivity contribution in [2.75, 3.05) is 6.61 Å². The fourth-order valence-electron chi connectivity index (χ4n) is 1.72. The van der Waals surface area contributed by atoms with E-state index in [0.717, 1.165) is 24.5 Å². The highest BCUT2D eigenvalue weighted by molar-refractivity contribution is 5.43. The molecule has 1 aromatic rings. The molecular weight excluding hydrogens is 238 g/mol. The van der Waals surface area contributed by atoms with Crippen molar-refractivity contribution in [1.82, 2.24) is 5.32 Å². The maximum atomic E-state index is 5.75. The lowest BCUT2D eigenvalue weighted by Gasteiger charge is -2.16. The number of rotatable bonds is 8. The Morgan fingerprint density at radius 3 is 2.42 bits per heavy atom. The lowest BCUT2D eigenvalue weighted by Crippen LogP contribution is -2.24. The zero-order valence-corrected chi connectivity index (χ0v) is 12.8. The molecule has 0 unspecified atom stereocenters. The maximum Gasteiger partial charge on any atom is 0.161 e. The average Bonchev–Trinajstić information content (AvgIpc) is 2.38. The number of nitrogens with one attached hydrogen (secondary N) is 1. The highest BCUT2D eigenvalue weighted by atomic mass is 16.5. The van der Waals surface area contributed by atoms with Gasteiger partial charge in [0, 0.05) is 12.6 Å². The van der Waals surface area contributed by atoms with Crippen molar-refractivity contribution in [2.24, 2.45) is 0 Å². The largest absolute Gasteiger partial charge is 0.490 e. The Morgan fingerprint density at radius 2 is 1.84 bits per heavy atom. The molecule has 0 amide bonds. The third-order valence-corrected chi connectivity index (χ3v) is 2.94. The van der Waals surface area contributed by atoms with Crippen LogP contribution in [0.15, 0.2) is 18.2 Å². The van der Waals surface area contributed by atoms with E-state index in [1.54, 1.807) is 0 Å². The number of hydrogen-bond donors (Lipinski definition) is 1. The maximum absolute atomic E-state index is 5.75. The van der Waals surface area contributed by atoms with Crippen molar-refractivity contribution < 1.29 is 9.47 Å². The van der Waals surface area contributed by atoms with Crippen LogP contribution < -0.4 is 14.8 Å². The second-order valence-electron chi connectivity index (χ2n) is 5.07. The van der Waals surface area contributed by atoms with Crippen molar-refractivity contribution in [1.29, 1.82) is 0 Å². The Bertz CT molecular complexity index is 377. The first-order chi connectivity index (χ1) is 9.06. The van der Waals surface area contributed by atoms with E-state index in [4.69, 9.17) is 9.47 Å². The van der Waals surface area contributed by atoms with Crippen LogP contribution in [0.3, 0.4) is 0 Å². The molecule has 0 saturated carbocycles. The summed E-state index contributed by atoms with van der Waals surface area (Å²) in [5.74, 6) is 1.66. The fourth-order valence-corrected chi connectivity index (χ4v) is 1.72. The van der Waals surface area contributed by atoms with E-state index >= 15 is 0 Å². The van der Waals surface area contributed by atoms with Gasteiger partial charge in [-0.1, -0.05) is 13.0 Å². The first-order valence-electron chi connectivity index (χ1n) is 7.22. The topological polar surface area (TPSA) is 30.5 Å². The molecule has 0 aliphatic rings. The zero-order valence-electron chi connectivity index (χ0n) is 12.8. The van der Waals surface area contributed by atoms with E-state index in [9.17, 15) is 0 Å². The Balaban J connectivity index is 2.77. The minimum atomic E-state index is 0.156. The van der Waals surface area contributed by atoms with Gasteiger partial charge in [-0.25, -0.2) is 0 Å². The molecule has 1 rings (SSSR count). The highest BCUT2D eigenvalue weighted by Gasteiger charge is 2.08. The van der Waals surface area contributed by atoms with Crippen LogP contribution in [0.5, 0.6) is 11.5 Å². The molecule has 0 aliphatic carbocycles. The van der Waals surface area contributed by atoms with E-state index in [0.29, 0.717) is 12.6 Å². The Kier molecular flexibility index (Phi) is 6.71. The summed E-state index contributed by atoms with van der Waals surface area (Å²) in [6.07, 6.45) is 1.29. The first-order valence-corrected chi connectivity index (χ1v) is 7.22. The van der Waals surface area contributed by atoms with Gasteiger partial charge in [-0.05, 0) is 51.8 Å². The van der Waals surface area contributed by atoms with Gasteiger partial charge in [0.2, 0.25) is 0 Å². The molecule has 0 aliphatic heterocycles. The summed E-state index contributed by atoms with van der Waals surface area (Å²) in [4.78, 5) is 0. The molecule has 1 aromatic carbocycles. The Hall–Kier alpha value is -1.22. The van der Waals surface area contributed by atoms with Gasteiger partial charge in [0.15, 0.2) is 11.5 Å². The second kappa shape index (κ2) is 8.05. The van der Waals surface area contributed by atoms with Gasteiger partial charge < -0.3 is 14.8 Å². The van der Waals surface area contributed by atoms with Crippen LogP contribution in [0, 0.1) is 0 Å². The van der Waals surface area contributed by atoms with E-state index in [-0.39, 0.29) is 6.10 Å². The average molecular weight is 265 g/mol. The van der Waals surface area contributed by atoms with Crippen molar-refractivity contribution in [2.45, 2.75) is 59.7 Å². The fraction of sp³-hybridized carbons (Fsp3) is 0.625. The van der Waals surface area contributed by atoms with Crippen LogP contribution in [0.25, 0.3) is 0 Å². The lowest BCUT2D eigenvalue weighted by molar-refractivity contribution is 0.223. The standard InChI is InChI=1S/C16H27NO2/c1-6-13(5)17-11-14-8-9-15(19-12(3)4)16(10-14)18-7-2/h8-10,12-13,17H,6-7,11H2,1-5H3/t13-/m1/s1. The molecule has 1 N–H and O–H groups in total. The number of ether oxygens (including phenoxy) is 2. The summed E-state index contributed by atoms with van der Waals surface area (Å²) in [5.41, 5.74) is 1.22. The summed E-state index contributed by atoms with van der Waals surface area (Å²) in [7, 11) is 0. The monoisotopic (exact) mass is 265 g/mol. The predicted octanol–water partition coefficient (Wildman–Crippen LogP) is 3.76. The van der Waals surface area contributed by atoms with E-state index in [1.807, 2.05) is 26.8 Å². The number of benzene rings is 1. The summed E-state index contributed by atoms with van der Waals surface area (Å²) >= 11 is 0. The normalized spacial score (nSPS) is 12.5. The van der Waals surface area contributed by atoms with Gasteiger partial charge in [-0.2, -0.15) is 0 Å². The van der Waals surface area contributed by atoms with Gasteiger partial charge in [0.25, 0.3) is 0 Å². The molecule has 1 atom stereocenters. The molecule has 108 valence electrons. The molecule has 3 nitrogen and oxygen atoms in total. The molecule has 0 aromatic heterocycles. The molecule has 0 saturated heterocycles. The highest BCUT2D eigenvalue weighted by Crippen LogP contribution is 2.29. The molecule has 0 fully saturated rings. The van der Waals surface area contributed by atoms with Gasteiger partial charge in [-0.3, -0.25) is 0 Å². The van der Waals surface area contributed by atoms with Crippen LogP contribution in [-0.4, -0.2) is 18.8 Å². The van der Waals surface area contributed by atoms with Crippen molar-refractivity contribution in [3.63, 3.8) is 0 Å². The quantitative estimate of drug-likeness (QED) is 0.776. The van der Waals surface area contributed by atoms with Crippen LogP contribution in [0.2, 0.25) is 0 Å². The third-order valence-electron chi connectivity index (χ3n) is 2.94. The van der Waals surface area contributed by atoms with Gasteiger partial charge >= 0.3 is 0 Å². The first kappa shape index (κ1) is 15.8. The van der Waals surface area contributed by atoms with Crippen LogP contribution >= 0.6 is 0 Å².